The number of nitrogens with zero attached hydrogens (tertiary/aromatic N) is 1. The summed E-state index contributed by atoms with van der Waals surface area (Å²) in [6.45, 7) is 2.60. The van der Waals surface area contributed by atoms with E-state index in [0.717, 1.165) is 6.07 Å². The molecule has 1 aromatic rings. The summed E-state index contributed by atoms with van der Waals surface area (Å²) in [7, 11) is 1.33. The van der Waals surface area contributed by atoms with Crippen LogP contribution in [0.15, 0.2) is 18.2 Å². The number of aromatic hydroxyl groups is 2. The first-order valence-corrected chi connectivity index (χ1v) is 6.32. The highest BCUT2D eigenvalue weighted by Gasteiger charge is 2.38. The van der Waals surface area contributed by atoms with Gasteiger partial charge in [-0.3, -0.25) is 9.59 Å². The third kappa shape index (κ3) is 2.68. The summed E-state index contributed by atoms with van der Waals surface area (Å²) in [6.07, 6.45) is 0. The van der Waals surface area contributed by atoms with Gasteiger partial charge in [0.25, 0.3) is 5.91 Å². The summed E-state index contributed by atoms with van der Waals surface area (Å²) in [6, 6.07) is 3.73. The Balaban J connectivity index is 2.16. The molecule has 1 saturated heterocycles. The molecule has 2 N–H and O–H groups in total. The molecule has 6 heteroatoms. The second kappa shape index (κ2) is 5.40. The van der Waals surface area contributed by atoms with Gasteiger partial charge in [-0.25, -0.2) is 0 Å². The van der Waals surface area contributed by atoms with Gasteiger partial charge in [-0.15, -0.1) is 0 Å². The lowest BCUT2D eigenvalue weighted by Gasteiger charge is -2.16. The number of phenols is 2. The molecule has 1 fully saturated rings. The van der Waals surface area contributed by atoms with E-state index in [1.807, 2.05) is 6.92 Å². The first-order valence-electron chi connectivity index (χ1n) is 6.32. The standard InChI is InChI=1S/C14H17NO5/c1-8-6-15(7-12(8)14(19)20-2)13(18)9-3-10(16)5-11(17)4-9/h3-5,8,12,16-17H,6-7H2,1-2H3. The molecule has 1 aliphatic rings. The molecule has 2 unspecified atom stereocenters. The van der Waals surface area contributed by atoms with Gasteiger partial charge in [-0.2, -0.15) is 0 Å². The van der Waals surface area contributed by atoms with Gasteiger partial charge in [0.05, 0.1) is 13.0 Å². The fourth-order valence-corrected chi connectivity index (χ4v) is 2.49. The van der Waals surface area contributed by atoms with Crippen molar-refractivity contribution in [1.82, 2.24) is 4.90 Å². The van der Waals surface area contributed by atoms with Crippen molar-refractivity contribution in [3.63, 3.8) is 0 Å². The van der Waals surface area contributed by atoms with Gasteiger partial charge < -0.3 is 19.8 Å². The monoisotopic (exact) mass is 279 g/mol. The van der Waals surface area contributed by atoms with E-state index in [1.165, 1.54) is 24.1 Å². The van der Waals surface area contributed by atoms with Crippen LogP contribution in [-0.2, 0) is 9.53 Å². The Bertz CT molecular complexity index is 522. The van der Waals surface area contributed by atoms with Crippen LogP contribution in [0.25, 0.3) is 0 Å². The van der Waals surface area contributed by atoms with Crippen molar-refractivity contribution in [2.24, 2.45) is 11.8 Å². The average Bonchev–Trinajstić information content (AvgIpc) is 2.78. The predicted molar refractivity (Wildman–Crippen MR) is 70.3 cm³/mol. The summed E-state index contributed by atoms with van der Waals surface area (Å²) >= 11 is 0. The van der Waals surface area contributed by atoms with Gasteiger partial charge in [-0.05, 0) is 18.1 Å². The van der Waals surface area contributed by atoms with Gasteiger partial charge in [-0.1, -0.05) is 6.92 Å². The molecule has 0 spiro atoms. The number of ether oxygens (including phenoxy) is 1. The first-order chi connectivity index (χ1) is 9.42. The fraction of sp³-hybridized carbons (Fsp3) is 0.429. The third-order valence-electron chi connectivity index (χ3n) is 3.55. The molecule has 1 aliphatic heterocycles. The third-order valence-corrected chi connectivity index (χ3v) is 3.55. The molecule has 0 aromatic heterocycles. The Kier molecular flexibility index (Phi) is 3.83. The lowest BCUT2D eigenvalue weighted by Crippen LogP contribution is -2.30. The number of benzene rings is 1. The number of phenolic OH excluding ortho intramolecular Hbond substituents is 2. The van der Waals surface area contributed by atoms with Crippen molar-refractivity contribution >= 4 is 11.9 Å². The van der Waals surface area contributed by atoms with Gasteiger partial charge in [0.2, 0.25) is 0 Å². The van der Waals surface area contributed by atoms with E-state index in [9.17, 15) is 19.8 Å². The van der Waals surface area contributed by atoms with E-state index in [1.54, 1.807) is 0 Å². The van der Waals surface area contributed by atoms with Crippen LogP contribution in [0.3, 0.4) is 0 Å². The molecule has 1 heterocycles. The molecule has 2 atom stereocenters. The molecular weight excluding hydrogens is 262 g/mol. The van der Waals surface area contributed by atoms with E-state index in [-0.39, 0.29) is 47.3 Å². The van der Waals surface area contributed by atoms with Gasteiger partial charge in [0, 0.05) is 24.7 Å². The number of carbonyl (C=O) groups excluding carboxylic acids is 2. The molecule has 1 amide bonds. The number of methoxy groups -OCH3 is 1. The number of amides is 1. The van der Waals surface area contributed by atoms with E-state index in [4.69, 9.17) is 4.74 Å². The lowest BCUT2D eigenvalue weighted by molar-refractivity contribution is -0.146. The molecule has 0 bridgehead atoms. The summed E-state index contributed by atoms with van der Waals surface area (Å²) < 4.78 is 4.72. The van der Waals surface area contributed by atoms with Crippen LogP contribution in [0, 0.1) is 11.8 Å². The van der Waals surface area contributed by atoms with E-state index >= 15 is 0 Å². The van der Waals surface area contributed by atoms with Gasteiger partial charge in [0.15, 0.2) is 0 Å². The SMILES string of the molecule is COC(=O)C1CN(C(=O)c2cc(O)cc(O)c2)CC1C. The second-order valence-corrected chi connectivity index (χ2v) is 5.06. The van der Waals surface area contributed by atoms with Crippen LogP contribution >= 0.6 is 0 Å². The molecule has 2 rings (SSSR count). The van der Waals surface area contributed by atoms with Crippen LogP contribution in [0.5, 0.6) is 11.5 Å². The maximum atomic E-state index is 12.3. The molecule has 108 valence electrons. The highest BCUT2D eigenvalue weighted by molar-refractivity contribution is 5.95. The van der Waals surface area contributed by atoms with Crippen molar-refractivity contribution in [3.8, 4) is 11.5 Å². The van der Waals surface area contributed by atoms with Crippen LogP contribution in [0.2, 0.25) is 0 Å². The van der Waals surface area contributed by atoms with Crippen LogP contribution in [0.4, 0.5) is 0 Å². The summed E-state index contributed by atoms with van der Waals surface area (Å²) in [5.41, 5.74) is 0.195. The number of rotatable bonds is 2. The topological polar surface area (TPSA) is 87.1 Å². The summed E-state index contributed by atoms with van der Waals surface area (Å²) in [5.74, 6) is -1.33. The second-order valence-electron chi connectivity index (χ2n) is 5.06. The Morgan fingerprint density at radius 2 is 1.80 bits per heavy atom. The summed E-state index contributed by atoms with van der Waals surface area (Å²) in [4.78, 5) is 25.4. The van der Waals surface area contributed by atoms with Gasteiger partial charge >= 0.3 is 5.97 Å². The van der Waals surface area contributed by atoms with Crippen LogP contribution in [-0.4, -0.2) is 47.2 Å². The van der Waals surface area contributed by atoms with Crippen molar-refractivity contribution in [2.45, 2.75) is 6.92 Å². The molecule has 0 saturated carbocycles. The van der Waals surface area contributed by atoms with Crippen molar-refractivity contribution < 1.29 is 24.5 Å². The quantitative estimate of drug-likeness (QED) is 0.788. The number of carbonyl (C=O) groups is 2. The lowest BCUT2D eigenvalue weighted by atomic mass is 9.99. The van der Waals surface area contributed by atoms with Crippen LogP contribution in [0.1, 0.15) is 17.3 Å². The Hall–Kier alpha value is -2.24. The normalized spacial score (nSPS) is 21.8. The number of hydrogen-bond acceptors (Lipinski definition) is 5. The van der Waals surface area contributed by atoms with Crippen LogP contribution < -0.4 is 0 Å². The molecule has 0 aliphatic carbocycles. The van der Waals surface area contributed by atoms with E-state index in [0.29, 0.717) is 6.54 Å². The number of likely N-dealkylation sites (tertiary alicyclic amines) is 1. The predicted octanol–water partition coefficient (Wildman–Crippen LogP) is 0.979. The Labute approximate surface area is 116 Å². The zero-order chi connectivity index (χ0) is 14.9. The highest BCUT2D eigenvalue weighted by atomic mass is 16.5. The van der Waals surface area contributed by atoms with E-state index < -0.39 is 0 Å². The van der Waals surface area contributed by atoms with Gasteiger partial charge in [0.1, 0.15) is 11.5 Å². The first kappa shape index (κ1) is 14.2. The molecular formula is C14H17NO5. The van der Waals surface area contributed by atoms with Crippen molar-refractivity contribution in [2.75, 3.05) is 20.2 Å². The largest absolute Gasteiger partial charge is 0.508 e. The fourth-order valence-electron chi connectivity index (χ4n) is 2.49. The molecule has 0 radical (unpaired) electrons. The molecule has 20 heavy (non-hydrogen) atoms. The summed E-state index contributed by atoms with van der Waals surface area (Å²) in [5, 5.41) is 18.8. The maximum absolute atomic E-state index is 12.3. The zero-order valence-corrected chi connectivity index (χ0v) is 11.4. The van der Waals surface area contributed by atoms with Crippen molar-refractivity contribution in [1.29, 1.82) is 0 Å². The van der Waals surface area contributed by atoms with E-state index in [2.05, 4.69) is 0 Å². The maximum Gasteiger partial charge on any atom is 0.310 e. The number of esters is 1. The van der Waals surface area contributed by atoms with Crippen molar-refractivity contribution in [3.05, 3.63) is 23.8 Å². The average molecular weight is 279 g/mol. The minimum Gasteiger partial charge on any atom is -0.508 e. The molecule has 1 aromatic carbocycles. The molecule has 6 nitrogen and oxygen atoms in total. The smallest absolute Gasteiger partial charge is 0.310 e. The minimum atomic E-state index is -0.338. The zero-order valence-electron chi connectivity index (χ0n) is 11.4. The Morgan fingerprint density at radius 1 is 1.20 bits per heavy atom. The highest BCUT2D eigenvalue weighted by Crippen LogP contribution is 2.27. The Morgan fingerprint density at radius 3 is 2.35 bits per heavy atom. The minimum absolute atomic E-state index is 0.0114. The number of hydrogen-bond donors (Lipinski definition) is 2.